The molecule has 1 fully saturated rings. The van der Waals surface area contributed by atoms with E-state index in [0.717, 1.165) is 48.2 Å². The fourth-order valence-electron chi connectivity index (χ4n) is 5.05. The van der Waals surface area contributed by atoms with E-state index in [9.17, 15) is 19.6 Å². The van der Waals surface area contributed by atoms with Gasteiger partial charge in [0.1, 0.15) is 11.6 Å². The number of anilines is 1. The summed E-state index contributed by atoms with van der Waals surface area (Å²) < 4.78 is 4.91. The second-order valence-corrected chi connectivity index (χ2v) is 9.28. The van der Waals surface area contributed by atoms with E-state index in [1.807, 2.05) is 54.6 Å². The van der Waals surface area contributed by atoms with Gasteiger partial charge in [-0.2, -0.15) is 5.26 Å². The number of esters is 1. The monoisotopic (exact) mass is 508 g/mol. The molecule has 8 heteroatoms. The smallest absolute Gasteiger partial charge is 0.348 e. The molecule has 38 heavy (non-hydrogen) atoms. The predicted octanol–water partition coefficient (Wildman–Crippen LogP) is 3.73. The van der Waals surface area contributed by atoms with E-state index in [1.54, 1.807) is 19.1 Å². The number of rotatable bonds is 7. The summed E-state index contributed by atoms with van der Waals surface area (Å²) in [7, 11) is 0. The second kappa shape index (κ2) is 10.9. The first-order valence-corrected chi connectivity index (χ1v) is 12.7. The lowest BCUT2D eigenvalue weighted by Gasteiger charge is -2.37. The molecule has 3 aromatic rings. The van der Waals surface area contributed by atoms with Gasteiger partial charge in [-0.1, -0.05) is 36.4 Å². The number of hydrogen-bond acceptors (Lipinski definition) is 7. The van der Waals surface area contributed by atoms with Crippen molar-refractivity contribution >= 4 is 40.3 Å². The summed E-state index contributed by atoms with van der Waals surface area (Å²) >= 11 is 0. The van der Waals surface area contributed by atoms with Crippen molar-refractivity contribution < 1.29 is 19.1 Å². The molecule has 0 atom stereocenters. The highest BCUT2D eigenvalue weighted by atomic mass is 16.5. The molecule has 1 saturated heterocycles. The van der Waals surface area contributed by atoms with Gasteiger partial charge in [-0.25, -0.2) is 4.79 Å². The molecule has 2 aliphatic heterocycles. The number of ether oxygens (including phenoxy) is 1. The minimum absolute atomic E-state index is 0.0287. The van der Waals surface area contributed by atoms with E-state index in [2.05, 4.69) is 9.80 Å². The van der Waals surface area contributed by atoms with E-state index >= 15 is 0 Å². The molecule has 0 unspecified atom stereocenters. The SMILES string of the molecule is CCOC(=O)/C(C#N)=C\c1ccc(N2CCN(CCN3C(=O)c4cccc5cccc(c45)C3=O)CC2)cc1. The third kappa shape index (κ3) is 4.89. The Morgan fingerprint density at radius 3 is 2.13 bits per heavy atom. The summed E-state index contributed by atoms with van der Waals surface area (Å²) in [6.07, 6.45) is 1.53. The molecule has 0 N–H and O–H groups in total. The van der Waals surface area contributed by atoms with E-state index in [-0.39, 0.29) is 24.0 Å². The summed E-state index contributed by atoms with van der Waals surface area (Å²) in [6, 6.07) is 20.8. The summed E-state index contributed by atoms with van der Waals surface area (Å²) in [4.78, 5) is 44.0. The maximum absolute atomic E-state index is 13.1. The standard InChI is InChI=1S/C30H28N4O4/c1-2-38-30(37)23(20-31)19-21-9-11-24(12-10-21)33-16-13-32(14-17-33)15-18-34-28(35)25-7-3-5-22-6-4-8-26(27(22)25)29(34)36/h3-12,19H,2,13-18H2,1H3/b23-19-. The van der Waals surface area contributed by atoms with Crippen LogP contribution in [0.1, 0.15) is 33.2 Å². The van der Waals surface area contributed by atoms with Gasteiger partial charge in [0.25, 0.3) is 11.8 Å². The van der Waals surface area contributed by atoms with Gasteiger partial charge in [0.05, 0.1) is 6.61 Å². The number of piperazine rings is 1. The Labute approximate surface area is 221 Å². The number of imide groups is 1. The van der Waals surface area contributed by atoms with Gasteiger partial charge in [0.2, 0.25) is 0 Å². The van der Waals surface area contributed by atoms with Crippen LogP contribution in [0.15, 0.2) is 66.2 Å². The van der Waals surface area contributed by atoms with Crippen molar-refractivity contribution in [3.05, 3.63) is 82.9 Å². The fourth-order valence-corrected chi connectivity index (χ4v) is 5.05. The van der Waals surface area contributed by atoms with E-state index in [0.29, 0.717) is 24.2 Å². The average Bonchev–Trinajstić information content (AvgIpc) is 2.95. The highest BCUT2D eigenvalue weighted by Gasteiger charge is 2.32. The summed E-state index contributed by atoms with van der Waals surface area (Å²) in [5.41, 5.74) is 2.96. The Kier molecular flexibility index (Phi) is 7.20. The first-order valence-electron chi connectivity index (χ1n) is 12.7. The molecular formula is C30H28N4O4. The molecule has 0 aromatic heterocycles. The lowest BCUT2D eigenvalue weighted by Crippen LogP contribution is -2.50. The molecular weight excluding hydrogens is 480 g/mol. The number of carbonyl (C=O) groups is 3. The largest absolute Gasteiger partial charge is 0.462 e. The van der Waals surface area contributed by atoms with Crippen LogP contribution in [0.4, 0.5) is 5.69 Å². The van der Waals surface area contributed by atoms with Crippen LogP contribution in [0, 0.1) is 11.3 Å². The summed E-state index contributed by atoms with van der Waals surface area (Å²) in [6.45, 7) is 6.14. The Morgan fingerprint density at radius 1 is 0.921 bits per heavy atom. The van der Waals surface area contributed by atoms with Crippen molar-refractivity contribution in [3.8, 4) is 6.07 Å². The number of amides is 2. The van der Waals surface area contributed by atoms with E-state index in [4.69, 9.17) is 4.74 Å². The highest BCUT2D eigenvalue weighted by molar-refractivity contribution is 6.25. The van der Waals surface area contributed by atoms with Crippen molar-refractivity contribution in [2.24, 2.45) is 0 Å². The number of benzene rings is 3. The number of nitriles is 1. The van der Waals surface area contributed by atoms with Crippen molar-refractivity contribution in [1.82, 2.24) is 9.80 Å². The second-order valence-electron chi connectivity index (χ2n) is 9.28. The zero-order valence-electron chi connectivity index (χ0n) is 21.2. The Hall–Kier alpha value is -4.48. The van der Waals surface area contributed by atoms with Gasteiger partial charge in [-0.15, -0.1) is 0 Å². The number of carbonyl (C=O) groups excluding carboxylic acids is 3. The van der Waals surface area contributed by atoms with Crippen LogP contribution in [0.25, 0.3) is 16.8 Å². The maximum Gasteiger partial charge on any atom is 0.348 e. The third-order valence-corrected chi connectivity index (χ3v) is 7.05. The third-order valence-electron chi connectivity index (χ3n) is 7.05. The summed E-state index contributed by atoms with van der Waals surface area (Å²) in [5, 5.41) is 10.9. The van der Waals surface area contributed by atoms with Crippen molar-refractivity contribution in [2.45, 2.75) is 6.92 Å². The van der Waals surface area contributed by atoms with Crippen LogP contribution in [0.3, 0.4) is 0 Å². The van der Waals surface area contributed by atoms with Gasteiger partial charge in [-0.05, 0) is 48.2 Å². The van der Waals surface area contributed by atoms with Crippen molar-refractivity contribution in [2.75, 3.05) is 50.8 Å². The van der Waals surface area contributed by atoms with E-state index in [1.165, 1.54) is 11.0 Å². The van der Waals surface area contributed by atoms with Gasteiger partial charge < -0.3 is 9.64 Å². The molecule has 2 aliphatic rings. The van der Waals surface area contributed by atoms with E-state index < -0.39 is 5.97 Å². The first kappa shape index (κ1) is 25.2. The Bertz CT molecular complexity index is 1410. The molecule has 3 aromatic carbocycles. The van der Waals surface area contributed by atoms with Crippen LogP contribution in [0.2, 0.25) is 0 Å². The van der Waals surface area contributed by atoms with Crippen LogP contribution in [-0.2, 0) is 9.53 Å². The normalized spacial score (nSPS) is 16.1. The fraction of sp³-hybridized carbons (Fsp3) is 0.267. The van der Waals surface area contributed by atoms with Crippen LogP contribution in [-0.4, -0.2) is 73.5 Å². The van der Waals surface area contributed by atoms with Crippen molar-refractivity contribution in [1.29, 1.82) is 5.26 Å². The molecule has 0 spiro atoms. The Balaban J connectivity index is 1.17. The van der Waals surface area contributed by atoms with Gasteiger partial charge >= 0.3 is 5.97 Å². The average molecular weight is 509 g/mol. The van der Waals surface area contributed by atoms with Crippen LogP contribution in [0.5, 0.6) is 0 Å². The molecule has 5 rings (SSSR count). The van der Waals surface area contributed by atoms with Gasteiger partial charge in [0.15, 0.2) is 0 Å². The molecule has 2 heterocycles. The van der Waals surface area contributed by atoms with Gasteiger partial charge in [-0.3, -0.25) is 19.4 Å². The lowest BCUT2D eigenvalue weighted by atomic mass is 9.94. The molecule has 0 aliphatic carbocycles. The zero-order valence-corrected chi connectivity index (χ0v) is 21.2. The van der Waals surface area contributed by atoms with Crippen LogP contribution < -0.4 is 4.90 Å². The minimum atomic E-state index is -0.621. The quantitative estimate of drug-likeness (QED) is 0.208. The molecule has 192 valence electrons. The molecule has 0 saturated carbocycles. The summed E-state index contributed by atoms with van der Waals surface area (Å²) in [5.74, 6) is -1.08. The molecule has 8 nitrogen and oxygen atoms in total. The molecule has 0 radical (unpaired) electrons. The number of nitrogens with zero attached hydrogens (tertiary/aromatic N) is 4. The topological polar surface area (TPSA) is 94.0 Å². The molecule has 2 amide bonds. The zero-order chi connectivity index (χ0) is 26.6. The van der Waals surface area contributed by atoms with Crippen LogP contribution >= 0.6 is 0 Å². The predicted molar refractivity (Wildman–Crippen MR) is 145 cm³/mol. The first-order chi connectivity index (χ1) is 18.5. The highest BCUT2D eigenvalue weighted by Crippen LogP contribution is 2.30. The molecule has 0 bridgehead atoms. The Morgan fingerprint density at radius 2 is 1.55 bits per heavy atom. The maximum atomic E-state index is 13.1. The number of hydrogen-bond donors (Lipinski definition) is 0. The lowest BCUT2D eigenvalue weighted by molar-refractivity contribution is -0.137. The van der Waals surface area contributed by atoms with Gasteiger partial charge in [0, 0.05) is 61.5 Å². The van der Waals surface area contributed by atoms with Crippen molar-refractivity contribution in [3.63, 3.8) is 0 Å². The minimum Gasteiger partial charge on any atom is -0.462 e.